The minimum Gasteiger partial charge on any atom is -0.438 e. The Morgan fingerprint density at radius 3 is 2.73 bits per heavy atom. The molecule has 112 valence electrons. The molecule has 5 nitrogen and oxygen atoms in total. The molecule has 0 fully saturated rings. The summed E-state index contributed by atoms with van der Waals surface area (Å²) < 4.78 is 8.04. The Morgan fingerprint density at radius 2 is 2.09 bits per heavy atom. The Morgan fingerprint density at radius 1 is 1.36 bits per heavy atom. The van der Waals surface area contributed by atoms with Crippen LogP contribution >= 0.6 is 15.9 Å². The number of carbonyl (C=O) groups excluding carboxylic acids is 1. The van der Waals surface area contributed by atoms with Crippen LogP contribution in [0.15, 0.2) is 28.7 Å². The third-order valence-electron chi connectivity index (χ3n) is 3.83. The van der Waals surface area contributed by atoms with Crippen LogP contribution in [0.2, 0.25) is 0 Å². The highest BCUT2D eigenvalue weighted by Gasteiger charge is 2.33. The largest absolute Gasteiger partial charge is 0.438 e. The van der Waals surface area contributed by atoms with Gasteiger partial charge in [-0.1, -0.05) is 6.07 Å². The fourth-order valence-electron chi connectivity index (χ4n) is 2.73. The van der Waals surface area contributed by atoms with Crippen molar-refractivity contribution in [2.75, 3.05) is 5.32 Å². The summed E-state index contributed by atoms with van der Waals surface area (Å²) in [6.07, 6.45) is -0.447. The van der Waals surface area contributed by atoms with Crippen molar-refractivity contribution in [3.63, 3.8) is 0 Å². The molecule has 2 heterocycles. The van der Waals surface area contributed by atoms with Crippen LogP contribution in [0.5, 0.6) is 0 Å². The van der Waals surface area contributed by atoms with Gasteiger partial charge < -0.3 is 9.30 Å². The van der Waals surface area contributed by atoms with Crippen LogP contribution in [0.4, 0.5) is 10.5 Å². The first-order chi connectivity index (χ1) is 10.3. The number of nitrogens with zero attached hydrogens (tertiary/aromatic N) is 2. The average Bonchev–Trinajstić information content (AvgIpc) is 2.72. The van der Waals surface area contributed by atoms with Crippen molar-refractivity contribution < 1.29 is 9.53 Å². The molecule has 2 aromatic rings. The van der Waals surface area contributed by atoms with Gasteiger partial charge >= 0.3 is 6.09 Å². The second-order valence-electron chi connectivity index (χ2n) is 5.68. The summed E-state index contributed by atoms with van der Waals surface area (Å²) in [6, 6.07) is 9.71. The second-order valence-corrected chi connectivity index (χ2v) is 6.54. The zero-order valence-corrected chi connectivity index (χ0v) is 14.0. The summed E-state index contributed by atoms with van der Waals surface area (Å²) in [5, 5.41) is 11.9. The van der Waals surface area contributed by atoms with Gasteiger partial charge in [-0.25, -0.2) is 4.79 Å². The van der Waals surface area contributed by atoms with Gasteiger partial charge in [0, 0.05) is 17.1 Å². The summed E-state index contributed by atoms with van der Waals surface area (Å²) in [6.45, 7) is 3.71. The van der Waals surface area contributed by atoms with Crippen molar-refractivity contribution in [2.45, 2.75) is 19.4 Å². The van der Waals surface area contributed by atoms with Crippen LogP contribution < -0.4 is 5.32 Å². The number of carbonyl (C=O) groups is 1. The Hall–Kier alpha value is -2.26. The highest BCUT2D eigenvalue weighted by molar-refractivity contribution is 9.10. The summed E-state index contributed by atoms with van der Waals surface area (Å²) in [5.41, 5.74) is 3.37. The molecule has 3 rings (SSSR count). The third-order valence-corrected chi connectivity index (χ3v) is 4.43. The lowest BCUT2D eigenvalue weighted by Crippen LogP contribution is -2.34. The molecule has 22 heavy (non-hydrogen) atoms. The van der Waals surface area contributed by atoms with Crippen LogP contribution in [0.3, 0.4) is 0 Å². The Kier molecular flexibility index (Phi) is 3.26. The molecule has 0 bridgehead atoms. The zero-order valence-electron chi connectivity index (χ0n) is 12.4. The van der Waals surface area contributed by atoms with Crippen molar-refractivity contribution >= 4 is 27.7 Å². The summed E-state index contributed by atoms with van der Waals surface area (Å²) in [7, 11) is 1.85. The number of ether oxygens (including phenoxy) is 1. The highest BCUT2D eigenvalue weighted by atomic mass is 79.9. The van der Waals surface area contributed by atoms with Crippen LogP contribution in [-0.4, -0.2) is 10.7 Å². The predicted octanol–water partition coefficient (Wildman–Crippen LogP) is 4.12. The van der Waals surface area contributed by atoms with E-state index in [0.717, 1.165) is 27.0 Å². The van der Waals surface area contributed by atoms with Gasteiger partial charge in [-0.2, -0.15) is 5.26 Å². The SMILES string of the molecule is Cn1c(C#N)cc(Br)c1-c1ccc2c(c1)C(C)(C)OC(=O)N2. The van der Waals surface area contributed by atoms with Crippen molar-refractivity contribution in [2.24, 2.45) is 7.05 Å². The standard InChI is InChI=1S/C16H14BrN3O2/c1-16(2)11-6-9(4-5-13(11)19-15(21)22-16)14-12(17)7-10(8-18)20(14)3/h4-7H,1-3H3,(H,19,21). The third kappa shape index (κ3) is 2.18. The summed E-state index contributed by atoms with van der Waals surface area (Å²) >= 11 is 3.51. The number of amides is 1. The van der Waals surface area contributed by atoms with Gasteiger partial charge in [-0.3, -0.25) is 5.32 Å². The highest BCUT2D eigenvalue weighted by Crippen LogP contribution is 2.39. The topological polar surface area (TPSA) is 67.0 Å². The lowest BCUT2D eigenvalue weighted by Gasteiger charge is -2.32. The van der Waals surface area contributed by atoms with E-state index in [1.807, 2.05) is 43.7 Å². The number of nitriles is 1. The number of fused-ring (bicyclic) bond motifs is 1. The molecular weight excluding hydrogens is 346 g/mol. The van der Waals surface area contributed by atoms with Gasteiger partial charge in [0.05, 0.1) is 11.4 Å². The molecule has 0 aliphatic carbocycles. The van der Waals surface area contributed by atoms with Crippen molar-refractivity contribution in [1.29, 1.82) is 5.26 Å². The first-order valence-corrected chi connectivity index (χ1v) is 7.53. The van der Waals surface area contributed by atoms with Gasteiger partial charge in [0.2, 0.25) is 0 Å². The molecule has 0 unspecified atom stereocenters. The number of cyclic esters (lactones) is 1. The zero-order chi connectivity index (χ0) is 16.1. The molecule has 1 amide bonds. The van der Waals surface area contributed by atoms with Gasteiger partial charge in [0.15, 0.2) is 0 Å². The number of halogens is 1. The van der Waals surface area contributed by atoms with Crippen molar-refractivity contribution in [3.8, 4) is 17.3 Å². The molecule has 0 atom stereocenters. The van der Waals surface area contributed by atoms with Gasteiger partial charge in [0.25, 0.3) is 0 Å². The van der Waals surface area contributed by atoms with Crippen molar-refractivity contribution in [1.82, 2.24) is 4.57 Å². The number of benzene rings is 1. The minimum atomic E-state index is -0.705. The van der Waals surface area contributed by atoms with Crippen LogP contribution in [0.1, 0.15) is 25.1 Å². The number of aromatic nitrogens is 1. The minimum absolute atomic E-state index is 0.447. The van der Waals surface area contributed by atoms with E-state index < -0.39 is 11.7 Å². The molecule has 1 N–H and O–H groups in total. The van der Waals surface area contributed by atoms with Gasteiger partial charge in [-0.15, -0.1) is 0 Å². The Balaban J connectivity index is 2.19. The molecular formula is C16H14BrN3O2. The lowest BCUT2D eigenvalue weighted by molar-refractivity contribution is 0.0421. The van der Waals surface area contributed by atoms with E-state index in [1.165, 1.54) is 0 Å². The molecule has 6 heteroatoms. The monoisotopic (exact) mass is 359 g/mol. The Labute approximate surface area is 136 Å². The van der Waals surface area contributed by atoms with E-state index in [0.29, 0.717) is 5.69 Å². The summed E-state index contributed by atoms with van der Waals surface area (Å²) in [5.74, 6) is 0. The molecule has 1 aliphatic rings. The van der Waals surface area contributed by atoms with E-state index in [9.17, 15) is 4.79 Å². The molecule has 0 spiro atoms. The van der Waals surface area contributed by atoms with Gasteiger partial charge in [-0.05, 0) is 53.5 Å². The van der Waals surface area contributed by atoms with Crippen molar-refractivity contribution in [3.05, 3.63) is 40.0 Å². The van der Waals surface area contributed by atoms with Crippen LogP contribution in [0, 0.1) is 11.3 Å². The number of rotatable bonds is 1. The van der Waals surface area contributed by atoms with E-state index in [2.05, 4.69) is 27.3 Å². The first kappa shape index (κ1) is 14.7. The van der Waals surface area contributed by atoms with Crippen LogP contribution in [-0.2, 0) is 17.4 Å². The number of hydrogen-bond acceptors (Lipinski definition) is 3. The quantitative estimate of drug-likeness (QED) is 0.832. The molecule has 0 saturated heterocycles. The maximum absolute atomic E-state index is 11.6. The molecule has 1 aromatic heterocycles. The first-order valence-electron chi connectivity index (χ1n) is 6.73. The number of hydrogen-bond donors (Lipinski definition) is 1. The molecule has 1 aliphatic heterocycles. The maximum Gasteiger partial charge on any atom is 0.412 e. The lowest BCUT2D eigenvalue weighted by atomic mass is 9.92. The van der Waals surface area contributed by atoms with E-state index in [1.54, 1.807) is 6.07 Å². The van der Waals surface area contributed by atoms with Crippen LogP contribution in [0.25, 0.3) is 11.3 Å². The Bertz CT molecular complexity index is 831. The predicted molar refractivity (Wildman–Crippen MR) is 86.4 cm³/mol. The van der Waals surface area contributed by atoms with E-state index in [-0.39, 0.29) is 0 Å². The smallest absolute Gasteiger partial charge is 0.412 e. The fraction of sp³-hybridized carbons (Fsp3) is 0.250. The average molecular weight is 360 g/mol. The molecule has 0 saturated carbocycles. The maximum atomic E-state index is 11.6. The summed E-state index contributed by atoms with van der Waals surface area (Å²) in [4.78, 5) is 11.6. The van der Waals surface area contributed by atoms with E-state index in [4.69, 9.17) is 10.00 Å². The second kappa shape index (κ2) is 4.89. The molecule has 0 radical (unpaired) electrons. The van der Waals surface area contributed by atoms with Gasteiger partial charge in [0.1, 0.15) is 17.4 Å². The number of nitrogens with one attached hydrogen (secondary N) is 1. The fourth-order valence-corrected chi connectivity index (χ4v) is 3.44. The number of anilines is 1. The molecule has 1 aromatic carbocycles. The van der Waals surface area contributed by atoms with E-state index >= 15 is 0 Å². The normalized spacial score (nSPS) is 15.5.